The van der Waals surface area contributed by atoms with E-state index in [0.29, 0.717) is 6.04 Å². The second-order valence-electron chi connectivity index (χ2n) is 4.03. The Morgan fingerprint density at radius 3 is 2.46 bits per heavy atom. The molecule has 0 heterocycles. The summed E-state index contributed by atoms with van der Waals surface area (Å²) >= 11 is 0. The average molecular weight is 181 g/mol. The van der Waals surface area contributed by atoms with Crippen molar-refractivity contribution in [3.05, 3.63) is 0 Å². The maximum Gasteiger partial charge on any atom is 0.0240 e. The second kappa shape index (κ2) is 8.13. The van der Waals surface area contributed by atoms with Crippen LogP contribution in [0.25, 0.3) is 0 Å². The molecule has 0 aromatic heterocycles. The molecule has 0 aliphatic heterocycles. The van der Waals surface area contributed by atoms with E-state index in [1.807, 2.05) is 0 Å². The van der Waals surface area contributed by atoms with E-state index in [9.17, 15) is 0 Å². The van der Waals surface area contributed by atoms with E-state index in [1.165, 1.54) is 19.3 Å². The van der Waals surface area contributed by atoms with Crippen molar-refractivity contribution >= 4 is 0 Å². The topological polar surface area (TPSA) is 12.0 Å². The maximum absolute atomic E-state index is 5.32. The SMILES string of the molecule is C#CCC(CCC(C)C)NCCC. The number of rotatable bonds is 7. The molecule has 0 amide bonds. The average Bonchev–Trinajstić information content (AvgIpc) is 2.09. The lowest BCUT2D eigenvalue weighted by molar-refractivity contribution is 0.435. The van der Waals surface area contributed by atoms with Gasteiger partial charge in [0.15, 0.2) is 0 Å². The Labute approximate surface area is 83.3 Å². The summed E-state index contributed by atoms with van der Waals surface area (Å²) < 4.78 is 0. The second-order valence-corrected chi connectivity index (χ2v) is 4.03. The molecule has 0 radical (unpaired) electrons. The van der Waals surface area contributed by atoms with Crippen molar-refractivity contribution < 1.29 is 0 Å². The Morgan fingerprint density at radius 2 is 2.00 bits per heavy atom. The molecule has 0 bridgehead atoms. The molecule has 0 spiro atoms. The van der Waals surface area contributed by atoms with Crippen LogP contribution >= 0.6 is 0 Å². The van der Waals surface area contributed by atoms with Crippen LogP contribution in [-0.4, -0.2) is 12.6 Å². The summed E-state index contributed by atoms with van der Waals surface area (Å²) in [5, 5.41) is 3.48. The molecule has 0 saturated heterocycles. The zero-order valence-electron chi connectivity index (χ0n) is 9.27. The predicted octanol–water partition coefficient (Wildman–Crippen LogP) is 2.81. The summed E-state index contributed by atoms with van der Waals surface area (Å²) in [4.78, 5) is 0. The molecule has 0 saturated carbocycles. The highest BCUT2D eigenvalue weighted by Crippen LogP contribution is 2.08. The van der Waals surface area contributed by atoms with Gasteiger partial charge < -0.3 is 5.32 Å². The summed E-state index contributed by atoms with van der Waals surface area (Å²) in [7, 11) is 0. The predicted molar refractivity (Wildman–Crippen MR) is 59.6 cm³/mol. The molecule has 76 valence electrons. The minimum atomic E-state index is 0.535. The van der Waals surface area contributed by atoms with Crippen LogP contribution in [0.15, 0.2) is 0 Å². The molecule has 1 N–H and O–H groups in total. The highest BCUT2D eigenvalue weighted by molar-refractivity contribution is 4.89. The molecule has 13 heavy (non-hydrogen) atoms. The van der Waals surface area contributed by atoms with E-state index >= 15 is 0 Å². The Kier molecular flexibility index (Phi) is 7.83. The fraction of sp³-hybridized carbons (Fsp3) is 0.833. The van der Waals surface area contributed by atoms with Gasteiger partial charge in [-0.05, 0) is 31.7 Å². The maximum atomic E-state index is 5.32. The molecule has 0 aliphatic carbocycles. The van der Waals surface area contributed by atoms with Gasteiger partial charge >= 0.3 is 0 Å². The van der Waals surface area contributed by atoms with E-state index in [0.717, 1.165) is 18.9 Å². The first-order chi connectivity index (χ1) is 6.20. The molecular formula is C12H23N. The Balaban J connectivity index is 3.61. The minimum Gasteiger partial charge on any atom is -0.313 e. The van der Waals surface area contributed by atoms with E-state index in [-0.39, 0.29) is 0 Å². The highest BCUT2D eigenvalue weighted by Gasteiger charge is 2.06. The van der Waals surface area contributed by atoms with Gasteiger partial charge in [0, 0.05) is 12.5 Å². The summed E-state index contributed by atoms with van der Waals surface area (Å²) in [5.41, 5.74) is 0. The van der Waals surface area contributed by atoms with Crippen molar-refractivity contribution in [3.8, 4) is 12.3 Å². The molecule has 1 unspecified atom stereocenters. The van der Waals surface area contributed by atoms with Crippen molar-refractivity contribution in [2.24, 2.45) is 5.92 Å². The number of nitrogens with one attached hydrogen (secondary N) is 1. The van der Waals surface area contributed by atoms with Gasteiger partial charge in [0.1, 0.15) is 0 Å². The third-order valence-corrected chi connectivity index (χ3v) is 2.14. The van der Waals surface area contributed by atoms with Gasteiger partial charge in [0.2, 0.25) is 0 Å². The minimum absolute atomic E-state index is 0.535. The summed E-state index contributed by atoms with van der Waals surface area (Å²) in [6.45, 7) is 7.78. The molecule has 1 atom stereocenters. The van der Waals surface area contributed by atoms with Gasteiger partial charge in [-0.3, -0.25) is 0 Å². The van der Waals surface area contributed by atoms with Crippen LogP contribution < -0.4 is 5.32 Å². The zero-order chi connectivity index (χ0) is 10.1. The van der Waals surface area contributed by atoms with Crippen molar-refractivity contribution in [2.75, 3.05) is 6.54 Å². The number of hydrogen-bond donors (Lipinski definition) is 1. The van der Waals surface area contributed by atoms with E-state index in [1.54, 1.807) is 0 Å². The van der Waals surface area contributed by atoms with Gasteiger partial charge in [-0.1, -0.05) is 20.8 Å². The summed E-state index contributed by atoms with van der Waals surface area (Å²) in [6, 6.07) is 0.535. The fourth-order valence-corrected chi connectivity index (χ4v) is 1.30. The fourth-order valence-electron chi connectivity index (χ4n) is 1.30. The molecule has 0 aromatic carbocycles. The lowest BCUT2D eigenvalue weighted by Crippen LogP contribution is -2.29. The van der Waals surface area contributed by atoms with Crippen LogP contribution in [0.5, 0.6) is 0 Å². The molecule has 0 aliphatic rings. The molecular weight excluding hydrogens is 158 g/mol. The van der Waals surface area contributed by atoms with Crippen LogP contribution in [0.1, 0.15) is 46.5 Å². The normalized spacial score (nSPS) is 12.8. The van der Waals surface area contributed by atoms with Gasteiger partial charge in [-0.25, -0.2) is 0 Å². The Hall–Kier alpha value is -0.480. The first-order valence-corrected chi connectivity index (χ1v) is 5.37. The first-order valence-electron chi connectivity index (χ1n) is 5.37. The first kappa shape index (κ1) is 12.5. The smallest absolute Gasteiger partial charge is 0.0240 e. The van der Waals surface area contributed by atoms with Crippen molar-refractivity contribution in [3.63, 3.8) is 0 Å². The Morgan fingerprint density at radius 1 is 1.31 bits per heavy atom. The molecule has 1 nitrogen and oxygen atoms in total. The van der Waals surface area contributed by atoms with Crippen molar-refractivity contribution in [1.82, 2.24) is 5.32 Å². The van der Waals surface area contributed by atoms with Gasteiger partial charge in [0.05, 0.1) is 0 Å². The van der Waals surface area contributed by atoms with Gasteiger partial charge in [0.25, 0.3) is 0 Å². The Bertz CT molecular complexity index is 144. The lowest BCUT2D eigenvalue weighted by Gasteiger charge is -2.16. The van der Waals surface area contributed by atoms with E-state index in [4.69, 9.17) is 6.42 Å². The quantitative estimate of drug-likeness (QED) is 0.596. The largest absolute Gasteiger partial charge is 0.313 e. The number of terminal acetylenes is 1. The molecule has 0 fully saturated rings. The summed E-state index contributed by atoms with van der Waals surface area (Å²) in [5.74, 6) is 3.52. The third-order valence-electron chi connectivity index (χ3n) is 2.14. The van der Waals surface area contributed by atoms with Gasteiger partial charge in [-0.15, -0.1) is 12.3 Å². The molecule has 0 rings (SSSR count). The molecule has 0 aromatic rings. The van der Waals surface area contributed by atoms with E-state index in [2.05, 4.69) is 32.0 Å². The number of hydrogen-bond acceptors (Lipinski definition) is 1. The standard InChI is InChI=1S/C12H23N/c1-5-7-12(13-10-6-2)9-8-11(3)4/h1,11-13H,6-10H2,2-4H3. The van der Waals surface area contributed by atoms with Crippen LogP contribution in [-0.2, 0) is 0 Å². The van der Waals surface area contributed by atoms with Crippen LogP contribution in [0, 0.1) is 18.3 Å². The monoisotopic (exact) mass is 181 g/mol. The van der Waals surface area contributed by atoms with Crippen LogP contribution in [0.2, 0.25) is 0 Å². The highest BCUT2D eigenvalue weighted by atomic mass is 14.9. The van der Waals surface area contributed by atoms with Crippen molar-refractivity contribution in [1.29, 1.82) is 0 Å². The summed E-state index contributed by atoms with van der Waals surface area (Å²) in [6.07, 6.45) is 9.85. The lowest BCUT2D eigenvalue weighted by atomic mass is 10.0. The van der Waals surface area contributed by atoms with Crippen LogP contribution in [0.4, 0.5) is 0 Å². The van der Waals surface area contributed by atoms with E-state index < -0.39 is 0 Å². The molecule has 1 heteroatoms. The van der Waals surface area contributed by atoms with Crippen molar-refractivity contribution in [2.45, 2.75) is 52.5 Å². The van der Waals surface area contributed by atoms with Crippen LogP contribution in [0.3, 0.4) is 0 Å². The third kappa shape index (κ3) is 7.87. The zero-order valence-corrected chi connectivity index (χ0v) is 9.27. The van der Waals surface area contributed by atoms with Gasteiger partial charge in [-0.2, -0.15) is 0 Å².